The summed E-state index contributed by atoms with van der Waals surface area (Å²) in [6.45, 7) is 3.13. The van der Waals surface area contributed by atoms with Crippen molar-refractivity contribution in [3.8, 4) is 0 Å². The Morgan fingerprint density at radius 2 is 1.80 bits per heavy atom. The third-order valence-electron chi connectivity index (χ3n) is 2.55. The van der Waals surface area contributed by atoms with Crippen LogP contribution in [0.2, 0.25) is 0 Å². The van der Waals surface area contributed by atoms with Crippen LogP contribution >= 0.6 is 0 Å². The van der Waals surface area contributed by atoms with Crippen LogP contribution in [-0.4, -0.2) is 24.5 Å². The number of sulfone groups is 1. The van der Waals surface area contributed by atoms with Gasteiger partial charge in [0.15, 0.2) is 9.84 Å². The number of hydrogen-bond donors (Lipinski definition) is 1. The molecule has 0 radical (unpaired) electrons. The summed E-state index contributed by atoms with van der Waals surface area (Å²) in [5.74, 6) is 0.0536. The molecule has 0 aliphatic rings. The molecule has 15 heavy (non-hydrogen) atoms. The summed E-state index contributed by atoms with van der Waals surface area (Å²) in [7, 11) is -3.20. The molecule has 1 rings (SSSR count). The Balaban J connectivity index is 2.92. The first-order chi connectivity index (χ1) is 6.99. The van der Waals surface area contributed by atoms with Crippen molar-refractivity contribution in [1.29, 1.82) is 0 Å². The molecule has 84 valence electrons. The van der Waals surface area contributed by atoms with E-state index in [-0.39, 0.29) is 5.75 Å². The Morgan fingerprint density at radius 3 is 2.27 bits per heavy atom. The summed E-state index contributed by atoms with van der Waals surface area (Å²) in [5.41, 5.74) is 0.641. The second-order valence-corrected chi connectivity index (χ2v) is 6.16. The van der Waals surface area contributed by atoms with Gasteiger partial charge in [0, 0.05) is 5.75 Å². The monoisotopic (exact) mass is 228 g/mol. The Morgan fingerprint density at radius 1 is 1.27 bits per heavy atom. The van der Waals surface area contributed by atoms with E-state index in [1.165, 1.54) is 6.92 Å². The Labute approximate surface area is 90.7 Å². The zero-order valence-corrected chi connectivity index (χ0v) is 9.74. The smallest absolute Gasteiger partial charge is 0.155 e. The number of rotatable bonds is 4. The van der Waals surface area contributed by atoms with E-state index >= 15 is 0 Å². The van der Waals surface area contributed by atoms with Crippen LogP contribution in [0.15, 0.2) is 30.3 Å². The summed E-state index contributed by atoms with van der Waals surface area (Å²) >= 11 is 0. The van der Waals surface area contributed by atoms with Crippen LogP contribution in [0.25, 0.3) is 0 Å². The Kier molecular flexibility index (Phi) is 3.88. The second kappa shape index (κ2) is 4.77. The first-order valence-corrected chi connectivity index (χ1v) is 6.65. The van der Waals surface area contributed by atoms with Crippen molar-refractivity contribution in [2.75, 3.05) is 5.75 Å². The molecule has 0 unspecified atom stereocenters. The van der Waals surface area contributed by atoms with Crippen molar-refractivity contribution >= 4 is 9.84 Å². The predicted octanol–water partition coefficient (Wildman–Crippen LogP) is 1.54. The van der Waals surface area contributed by atoms with E-state index < -0.39 is 21.2 Å². The van der Waals surface area contributed by atoms with E-state index in [0.29, 0.717) is 5.56 Å². The molecular formula is C11H16O3S. The Hall–Kier alpha value is -0.870. The lowest BCUT2D eigenvalue weighted by Gasteiger charge is -2.18. The van der Waals surface area contributed by atoms with Crippen molar-refractivity contribution < 1.29 is 13.5 Å². The van der Waals surface area contributed by atoms with Gasteiger partial charge >= 0.3 is 0 Å². The highest BCUT2D eigenvalue weighted by atomic mass is 32.2. The van der Waals surface area contributed by atoms with Gasteiger partial charge < -0.3 is 5.11 Å². The van der Waals surface area contributed by atoms with Gasteiger partial charge in [0.2, 0.25) is 0 Å². The lowest BCUT2D eigenvalue weighted by Crippen LogP contribution is -2.26. The molecule has 2 atom stereocenters. The van der Waals surface area contributed by atoms with Crippen LogP contribution in [0.3, 0.4) is 0 Å². The lowest BCUT2D eigenvalue weighted by molar-refractivity contribution is 0.176. The highest BCUT2D eigenvalue weighted by Crippen LogP contribution is 2.21. The highest BCUT2D eigenvalue weighted by Gasteiger charge is 2.27. The lowest BCUT2D eigenvalue weighted by atomic mass is 10.1. The first kappa shape index (κ1) is 12.2. The van der Waals surface area contributed by atoms with Gasteiger partial charge in [-0.3, -0.25) is 0 Å². The van der Waals surface area contributed by atoms with Gasteiger partial charge in [-0.15, -0.1) is 0 Å². The van der Waals surface area contributed by atoms with Gasteiger partial charge in [-0.1, -0.05) is 37.3 Å². The Bertz CT molecular complexity index is 397. The summed E-state index contributed by atoms with van der Waals surface area (Å²) in [6, 6.07) is 8.85. The summed E-state index contributed by atoms with van der Waals surface area (Å²) in [5, 5.41) is 9.12. The molecule has 0 spiro atoms. The van der Waals surface area contributed by atoms with Crippen LogP contribution < -0.4 is 0 Å². The summed E-state index contributed by atoms with van der Waals surface area (Å²) in [4.78, 5) is 0. The van der Waals surface area contributed by atoms with Crippen molar-refractivity contribution in [3.05, 3.63) is 35.9 Å². The number of benzene rings is 1. The predicted molar refractivity (Wildman–Crippen MR) is 60.3 cm³/mol. The van der Waals surface area contributed by atoms with Crippen molar-refractivity contribution in [3.63, 3.8) is 0 Å². The van der Waals surface area contributed by atoms with Crippen LogP contribution in [0.5, 0.6) is 0 Å². The topological polar surface area (TPSA) is 54.4 Å². The maximum Gasteiger partial charge on any atom is 0.155 e. The third kappa shape index (κ3) is 2.79. The summed E-state index contributed by atoms with van der Waals surface area (Å²) < 4.78 is 23.1. The quantitative estimate of drug-likeness (QED) is 0.850. The zero-order chi connectivity index (χ0) is 11.5. The number of hydrogen-bond acceptors (Lipinski definition) is 3. The van der Waals surface area contributed by atoms with Gasteiger partial charge in [0.05, 0.1) is 11.4 Å². The van der Waals surface area contributed by atoms with Crippen molar-refractivity contribution in [2.45, 2.75) is 25.2 Å². The SMILES string of the molecule is CCS(=O)(=O)[C@H](C)[C@@H](O)c1ccccc1. The van der Waals surface area contributed by atoms with E-state index in [9.17, 15) is 13.5 Å². The van der Waals surface area contributed by atoms with Gasteiger partial charge in [-0.25, -0.2) is 8.42 Å². The highest BCUT2D eigenvalue weighted by molar-refractivity contribution is 7.92. The molecule has 0 amide bonds. The minimum Gasteiger partial charge on any atom is -0.387 e. The maximum absolute atomic E-state index is 11.6. The largest absolute Gasteiger partial charge is 0.387 e. The van der Waals surface area contributed by atoms with Gasteiger partial charge in [-0.05, 0) is 12.5 Å². The molecule has 0 fully saturated rings. The van der Waals surface area contributed by atoms with Crippen LogP contribution in [0, 0.1) is 0 Å². The molecule has 0 aliphatic heterocycles. The number of aliphatic hydroxyl groups is 1. The normalized spacial score (nSPS) is 15.9. The first-order valence-electron chi connectivity index (χ1n) is 4.93. The molecule has 1 aromatic carbocycles. The zero-order valence-electron chi connectivity index (χ0n) is 8.92. The van der Waals surface area contributed by atoms with Crippen molar-refractivity contribution in [1.82, 2.24) is 0 Å². The molecule has 3 nitrogen and oxygen atoms in total. The number of aliphatic hydroxyl groups excluding tert-OH is 1. The van der Waals surface area contributed by atoms with Crippen LogP contribution in [0.1, 0.15) is 25.5 Å². The molecule has 4 heteroatoms. The van der Waals surface area contributed by atoms with Crippen LogP contribution in [-0.2, 0) is 9.84 Å². The second-order valence-electron chi connectivity index (χ2n) is 3.51. The van der Waals surface area contributed by atoms with Gasteiger partial charge in [0.1, 0.15) is 0 Å². The average molecular weight is 228 g/mol. The molecule has 0 aromatic heterocycles. The molecule has 0 saturated heterocycles. The fourth-order valence-electron chi connectivity index (χ4n) is 1.38. The fraction of sp³-hybridized carbons (Fsp3) is 0.455. The van der Waals surface area contributed by atoms with E-state index in [2.05, 4.69) is 0 Å². The standard InChI is InChI=1S/C11H16O3S/c1-3-15(13,14)9(2)11(12)10-7-5-4-6-8-10/h4-9,11-12H,3H2,1-2H3/t9-,11-/m1/s1. The summed E-state index contributed by atoms with van der Waals surface area (Å²) in [6.07, 6.45) is -0.948. The molecule has 0 saturated carbocycles. The molecule has 0 aliphatic carbocycles. The van der Waals surface area contributed by atoms with Crippen LogP contribution in [0.4, 0.5) is 0 Å². The van der Waals surface area contributed by atoms with E-state index in [4.69, 9.17) is 0 Å². The fourth-order valence-corrected chi connectivity index (χ4v) is 2.46. The van der Waals surface area contributed by atoms with E-state index in [1.807, 2.05) is 6.07 Å². The molecule has 0 heterocycles. The molecular weight excluding hydrogens is 212 g/mol. The minimum atomic E-state index is -3.20. The third-order valence-corrected chi connectivity index (χ3v) is 4.75. The van der Waals surface area contributed by atoms with Crippen molar-refractivity contribution in [2.24, 2.45) is 0 Å². The maximum atomic E-state index is 11.6. The van der Waals surface area contributed by atoms with Gasteiger partial charge in [0.25, 0.3) is 0 Å². The minimum absolute atomic E-state index is 0.0536. The molecule has 1 N–H and O–H groups in total. The molecule has 1 aromatic rings. The van der Waals surface area contributed by atoms with E-state index in [1.54, 1.807) is 31.2 Å². The molecule has 0 bridgehead atoms. The van der Waals surface area contributed by atoms with Gasteiger partial charge in [-0.2, -0.15) is 0 Å². The van der Waals surface area contributed by atoms with E-state index in [0.717, 1.165) is 0 Å². The average Bonchev–Trinajstić information content (AvgIpc) is 2.28.